The van der Waals surface area contributed by atoms with Crippen molar-refractivity contribution < 1.29 is 15.0 Å². The first-order valence-corrected chi connectivity index (χ1v) is 13.8. The SMILES string of the molecule is CCCCNC(=O)CC[C@@H](C)[C@H]1CC[C@H]2[C@@H]3[C@@H](O)C[C@@H]4C[C@H](O)CC[C@]4(C)[C@H]3CC[C@]12C. The Morgan fingerprint density at radius 3 is 2.50 bits per heavy atom. The second-order valence-electron chi connectivity index (χ2n) is 12.7. The zero-order chi connectivity index (χ0) is 23.1. The third-order valence-electron chi connectivity index (χ3n) is 11.1. The van der Waals surface area contributed by atoms with E-state index >= 15 is 0 Å². The Bertz CT molecular complexity index is 667. The number of carbonyl (C=O) groups excluding carboxylic acids is 1. The van der Waals surface area contributed by atoms with Crippen LogP contribution in [0.2, 0.25) is 0 Å². The summed E-state index contributed by atoms with van der Waals surface area (Å²) in [6.07, 6.45) is 12.3. The minimum atomic E-state index is -0.202. The second kappa shape index (κ2) is 9.56. The van der Waals surface area contributed by atoms with E-state index in [1.54, 1.807) is 0 Å². The number of hydrogen-bond acceptors (Lipinski definition) is 3. The summed E-state index contributed by atoms with van der Waals surface area (Å²) in [6, 6.07) is 0. The van der Waals surface area contributed by atoms with Crippen molar-refractivity contribution in [2.45, 2.75) is 117 Å². The predicted octanol–water partition coefficient (Wildman–Crippen LogP) is 5.31. The van der Waals surface area contributed by atoms with Crippen LogP contribution >= 0.6 is 0 Å². The molecule has 0 heterocycles. The molecule has 4 rings (SSSR count). The molecule has 184 valence electrons. The standard InChI is InChI=1S/C28H49NO3/c1-5-6-15-29-25(32)10-7-18(2)21-8-9-22-26-23(12-14-28(21,22)4)27(3)13-11-20(30)16-19(27)17-24(26)31/h18-24,26,30-31H,5-17H2,1-4H3,(H,29,32)/t18-,19+,20-,21-,22+,23+,24+,26+,27+,28-/m1/s1. The van der Waals surface area contributed by atoms with Gasteiger partial charge in [0.25, 0.3) is 0 Å². The van der Waals surface area contributed by atoms with Crippen LogP contribution in [-0.2, 0) is 4.79 Å². The van der Waals surface area contributed by atoms with Gasteiger partial charge < -0.3 is 15.5 Å². The number of unbranched alkanes of at least 4 members (excludes halogenated alkanes) is 1. The zero-order valence-electron chi connectivity index (χ0n) is 21.1. The number of aliphatic hydroxyl groups excluding tert-OH is 2. The molecule has 0 aromatic heterocycles. The lowest BCUT2D eigenvalue weighted by Gasteiger charge is -2.62. The van der Waals surface area contributed by atoms with Gasteiger partial charge in [-0.25, -0.2) is 0 Å². The average Bonchev–Trinajstić information content (AvgIpc) is 3.11. The number of hydrogen-bond donors (Lipinski definition) is 3. The molecule has 0 spiro atoms. The van der Waals surface area contributed by atoms with Gasteiger partial charge in [-0.3, -0.25) is 4.79 Å². The molecule has 0 radical (unpaired) electrons. The molecule has 0 aliphatic heterocycles. The fourth-order valence-electron chi connectivity index (χ4n) is 9.23. The van der Waals surface area contributed by atoms with Crippen LogP contribution in [0.15, 0.2) is 0 Å². The van der Waals surface area contributed by atoms with E-state index in [0.29, 0.717) is 52.8 Å². The maximum absolute atomic E-state index is 12.3. The van der Waals surface area contributed by atoms with Gasteiger partial charge >= 0.3 is 0 Å². The van der Waals surface area contributed by atoms with Crippen LogP contribution in [0.25, 0.3) is 0 Å². The van der Waals surface area contributed by atoms with Crippen LogP contribution in [0.3, 0.4) is 0 Å². The van der Waals surface area contributed by atoms with E-state index in [-0.39, 0.29) is 18.1 Å². The summed E-state index contributed by atoms with van der Waals surface area (Å²) in [5.74, 6) is 3.59. The van der Waals surface area contributed by atoms with Crippen LogP contribution in [-0.4, -0.2) is 34.9 Å². The molecule has 0 unspecified atom stereocenters. The van der Waals surface area contributed by atoms with Gasteiger partial charge in [0.1, 0.15) is 0 Å². The van der Waals surface area contributed by atoms with Crippen molar-refractivity contribution in [2.24, 2.45) is 46.3 Å². The van der Waals surface area contributed by atoms with Gasteiger partial charge in [-0.1, -0.05) is 34.1 Å². The lowest BCUT2D eigenvalue weighted by Crippen LogP contribution is -2.58. The predicted molar refractivity (Wildman–Crippen MR) is 129 cm³/mol. The zero-order valence-corrected chi connectivity index (χ0v) is 21.1. The first kappa shape index (κ1) is 24.5. The number of fused-ring (bicyclic) bond motifs is 5. The molecule has 32 heavy (non-hydrogen) atoms. The highest BCUT2D eigenvalue weighted by Gasteiger charge is 2.62. The Hall–Kier alpha value is -0.610. The second-order valence-corrected chi connectivity index (χ2v) is 12.7. The van der Waals surface area contributed by atoms with Gasteiger partial charge in [-0.2, -0.15) is 0 Å². The Balaban J connectivity index is 1.42. The molecule has 4 fully saturated rings. The molecule has 0 bridgehead atoms. The van der Waals surface area contributed by atoms with Crippen LogP contribution < -0.4 is 5.32 Å². The van der Waals surface area contributed by atoms with Gasteiger partial charge in [-0.05, 0) is 111 Å². The molecule has 10 atom stereocenters. The summed E-state index contributed by atoms with van der Waals surface area (Å²) in [6.45, 7) is 10.4. The molecule has 0 aromatic rings. The maximum Gasteiger partial charge on any atom is 0.220 e. The lowest BCUT2D eigenvalue weighted by molar-refractivity contribution is -0.174. The maximum atomic E-state index is 12.3. The van der Waals surface area contributed by atoms with E-state index < -0.39 is 0 Å². The van der Waals surface area contributed by atoms with E-state index in [0.717, 1.165) is 51.5 Å². The van der Waals surface area contributed by atoms with E-state index in [1.807, 2.05) is 0 Å². The summed E-state index contributed by atoms with van der Waals surface area (Å²) in [7, 11) is 0. The number of nitrogens with one attached hydrogen (secondary N) is 1. The van der Waals surface area contributed by atoms with Crippen molar-refractivity contribution >= 4 is 5.91 Å². The van der Waals surface area contributed by atoms with Crippen molar-refractivity contribution in [1.29, 1.82) is 0 Å². The van der Waals surface area contributed by atoms with E-state index in [9.17, 15) is 15.0 Å². The highest BCUT2D eigenvalue weighted by Crippen LogP contribution is 2.68. The van der Waals surface area contributed by atoms with Gasteiger partial charge in [0, 0.05) is 13.0 Å². The van der Waals surface area contributed by atoms with Gasteiger partial charge in [-0.15, -0.1) is 0 Å². The highest BCUT2D eigenvalue weighted by molar-refractivity contribution is 5.75. The minimum Gasteiger partial charge on any atom is -0.393 e. The molecule has 0 saturated heterocycles. The lowest BCUT2D eigenvalue weighted by atomic mass is 9.43. The van der Waals surface area contributed by atoms with Gasteiger partial charge in [0.2, 0.25) is 5.91 Å². The summed E-state index contributed by atoms with van der Waals surface area (Å²) in [5.41, 5.74) is 0.600. The fraction of sp³-hybridized carbons (Fsp3) is 0.964. The molecule has 4 aliphatic carbocycles. The van der Waals surface area contributed by atoms with Crippen molar-refractivity contribution in [3.8, 4) is 0 Å². The normalized spacial score (nSPS) is 46.6. The Labute approximate surface area is 196 Å². The number of aliphatic hydroxyl groups is 2. The van der Waals surface area contributed by atoms with Crippen LogP contribution in [0, 0.1) is 46.3 Å². The van der Waals surface area contributed by atoms with Crippen molar-refractivity contribution in [1.82, 2.24) is 5.32 Å². The number of amides is 1. The van der Waals surface area contributed by atoms with Crippen LogP contribution in [0.5, 0.6) is 0 Å². The summed E-state index contributed by atoms with van der Waals surface area (Å²) in [5, 5.41) is 24.7. The topological polar surface area (TPSA) is 69.6 Å². The third-order valence-corrected chi connectivity index (χ3v) is 11.1. The van der Waals surface area contributed by atoms with Crippen molar-refractivity contribution in [2.75, 3.05) is 6.54 Å². The monoisotopic (exact) mass is 447 g/mol. The number of rotatable bonds is 7. The van der Waals surface area contributed by atoms with E-state index in [4.69, 9.17) is 0 Å². The molecule has 3 N–H and O–H groups in total. The highest BCUT2D eigenvalue weighted by atomic mass is 16.3. The van der Waals surface area contributed by atoms with Crippen LogP contribution in [0.1, 0.15) is 105 Å². The van der Waals surface area contributed by atoms with Crippen molar-refractivity contribution in [3.05, 3.63) is 0 Å². The molecule has 4 aliphatic rings. The Morgan fingerprint density at radius 2 is 1.75 bits per heavy atom. The first-order chi connectivity index (χ1) is 15.2. The molecular formula is C28H49NO3. The smallest absolute Gasteiger partial charge is 0.220 e. The largest absolute Gasteiger partial charge is 0.393 e. The van der Waals surface area contributed by atoms with E-state index in [1.165, 1.54) is 25.7 Å². The van der Waals surface area contributed by atoms with Gasteiger partial charge in [0.05, 0.1) is 12.2 Å². The van der Waals surface area contributed by atoms with Crippen molar-refractivity contribution in [3.63, 3.8) is 0 Å². The van der Waals surface area contributed by atoms with Gasteiger partial charge in [0.15, 0.2) is 0 Å². The fourth-order valence-corrected chi connectivity index (χ4v) is 9.23. The summed E-state index contributed by atoms with van der Waals surface area (Å²) in [4.78, 5) is 12.3. The minimum absolute atomic E-state index is 0.165. The molecule has 4 saturated carbocycles. The molecular weight excluding hydrogens is 398 g/mol. The quantitative estimate of drug-likeness (QED) is 0.463. The molecule has 4 heteroatoms. The molecule has 0 aromatic carbocycles. The summed E-state index contributed by atoms with van der Waals surface area (Å²) < 4.78 is 0. The average molecular weight is 448 g/mol. The molecule has 4 nitrogen and oxygen atoms in total. The third kappa shape index (κ3) is 4.28. The molecule has 1 amide bonds. The van der Waals surface area contributed by atoms with E-state index in [2.05, 4.69) is 33.0 Å². The Kier molecular flexibility index (Phi) is 7.33. The Morgan fingerprint density at radius 1 is 1.03 bits per heavy atom. The summed E-state index contributed by atoms with van der Waals surface area (Å²) >= 11 is 0. The number of carbonyl (C=O) groups is 1. The van der Waals surface area contributed by atoms with Crippen LogP contribution in [0.4, 0.5) is 0 Å². The first-order valence-electron chi connectivity index (χ1n) is 13.8.